The Morgan fingerprint density at radius 3 is 3.07 bits per heavy atom. The molecule has 15 heavy (non-hydrogen) atoms. The number of benzene rings is 1. The van der Waals surface area contributed by atoms with Gasteiger partial charge in [0.05, 0.1) is 11.2 Å². The van der Waals surface area contributed by atoms with Crippen LogP contribution in [0.5, 0.6) is 0 Å². The van der Waals surface area contributed by atoms with Crippen LogP contribution in [0, 0.1) is 0 Å². The molecule has 2 rings (SSSR count). The zero-order valence-electron chi connectivity index (χ0n) is 7.61. The monoisotopic (exact) mass is 208 g/mol. The summed E-state index contributed by atoms with van der Waals surface area (Å²) in [4.78, 5) is 24.3. The highest BCUT2D eigenvalue weighted by molar-refractivity contribution is 5.98. The maximum atomic E-state index is 10.9. The van der Waals surface area contributed by atoms with Crippen LogP contribution in [0.4, 0.5) is 5.69 Å². The lowest BCUT2D eigenvalue weighted by atomic mass is 10.3. The minimum Gasteiger partial charge on any atom is -0.406 e. The van der Waals surface area contributed by atoms with E-state index in [0.717, 1.165) is 0 Å². The number of para-hydroxylation sites is 1. The van der Waals surface area contributed by atoms with Crippen LogP contribution >= 0.6 is 0 Å². The van der Waals surface area contributed by atoms with Crippen LogP contribution in [0.3, 0.4) is 0 Å². The Morgan fingerprint density at radius 2 is 2.33 bits per heavy atom. The fourth-order valence-electron chi connectivity index (χ4n) is 1.26. The average Bonchev–Trinajstić information content (AvgIpc) is 2.59. The number of nitrogens with one attached hydrogen (secondary N) is 2. The summed E-state index contributed by atoms with van der Waals surface area (Å²) in [5.74, 6) is -1.15. The number of aliphatic hydroxyl groups is 1. The van der Waals surface area contributed by atoms with Crippen molar-refractivity contribution >= 4 is 22.7 Å². The molecule has 6 nitrogen and oxygen atoms in total. The van der Waals surface area contributed by atoms with E-state index >= 15 is 0 Å². The molecule has 0 fully saturated rings. The molecule has 0 saturated carbocycles. The number of fused-ring (bicyclic) bond motifs is 1. The average molecular weight is 208 g/mol. The Kier molecular flexibility index (Phi) is 2.26. The van der Waals surface area contributed by atoms with Gasteiger partial charge >= 0.3 is 5.76 Å². The Bertz CT molecular complexity index is 554. The summed E-state index contributed by atoms with van der Waals surface area (Å²) in [5, 5.41) is 11.0. The van der Waals surface area contributed by atoms with Crippen molar-refractivity contribution in [3.8, 4) is 0 Å². The molecule has 6 heteroatoms. The van der Waals surface area contributed by atoms with E-state index < -0.39 is 18.3 Å². The SMILES string of the molecule is O=C(CO)Nc1cccc2[nH]c(=O)oc12. The van der Waals surface area contributed by atoms with E-state index in [4.69, 9.17) is 9.52 Å². The van der Waals surface area contributed by atoms with Gasteiger partial charge in [0.1, 0.15) is 6.61 Å². The zero-order chi connectivity index (χ0) is 10.8. The van der Waals surface area contributed by atoms with Crippen LogP contribution in [0.1, 0.15) is 0 Å². The van der Waals surface area contributed by atoms with Crippen molar-refractivity contribution in [3.05, 3.63) is 28.7 Å². The number of rotatable bonds is 2. The number of anilines is 1. The van der Waals surface area contributed by atoms with Crippen LogP contribution in [0.2, 0.25) is 0 Å². The molecule has 2 aromatic rings. The van der Waals surface area contributed by atoms with E-state index in [1.54, 1.807) is 18.2 Å². The number of amides is 1. The molecule has 0 saturated heterocycles. The number of hydrogen-bond donors (Lipinski definition) is 3. The maximum Gasteiger partial charge on any atom is 0.417 e. The van der Waals surface area contributed by atoms with E-state index in [9.17, 15) is 9.59 Å². The van der Waals surface area contributed by atoms with Gasteiger partial charge < -0.3 is 14.8 Å². The van der Waals surface area contributed by atoms with Gasteiger partial charge in [0.25, 0.3) is 0 Å². The van der Waals surface area contributed by atoms with Crippen LogP contribution in [-0.2, 0) is 4.79 Å². The summed E-state index contributed by atoms with van der Waals surface area (Å²) < 4.78 is 4.84. The van der Waals surface area contributed by atoms with Gasteiger partial charge in [-0.3, -0.25) is 9.78 Å². The lowest BCUT2D eigenvalue weighted by Gasteiger charge is -2.01. The largest absolute Gasteiger partial charge is 0.417 e. The van der Waals surface area contributed by atoms with Gasteiger partial charge in [-0.15, -0.1) is 0 Å². The Hall–Kier alpha value is -2.08. The number of oxazole rings is 1. The molecule has 0 unspecified atom stereocenters. The normalized spacial score (nSPS) is 10.5. The molecule has 3 N–H and O–H groups in total. The fourth-order valence-corrected chi connectivity index (χ4v) is 1.26. The van der Waals surface area contributed by atoms with Crippen molar-refractivity contribution < 1.29 is 14.3 Å². The molecule has 1 aromatic carbocycles. The van der Waals surface area contributed by atoms with Gasteiger partial charge in [0.2, 0.25) is 5.91 Å². The van der Waals surface area contributed by atoms with E-state index in [2.05, 4.69) is 10.3 Å². The molecule has 0 aliphatic rings. The third-order valence-corrected chi connectivity index (χ3v) is 1.86. The maximum absolute atomic E-state index is 10.9. The highest BCUT2D eigenvalue weighted by atomic mass is 16.4. The molecule has 1 amide bonds. The summed E-state index contributed by atoms with van der Waals surface area (Å²) >= 11 is 0. The van der Waals surface area contributed by atoms with Crippen LogP contribution in [0.15, 0.2) is 27.4 Å². The molecule has 0 bridgehead atoms. The topological polar surface area (TPSA) is 95.3 Å². The molecule has 0 aliphatic heterocycles. The van der Waals surface area contributed by atoms with E-state index in [0.29, 0.717) is 11.2 Å². The van der Waals surface area contributed by atoms with Gasteiger partial charge in [-0.2, -0.15) is 0 Å². The molecule has 0 atom stereocenters. The Balaban J connectivity index is 2.50. The van der Waals surface area contributed by atoms with Gasteiger partial charge in [0.15, 0.2) is 5.58 Å². The smallest absolute Gasteiger partial charge is 0.406 e. The summed E-state index contributed by atoms with van der Waals surface area (Å²) in [6, 6.07) is 4.88. The van der Waals surface area contributed by atoms with Crippen molar-refractivity contribution in [1.29, 1.82) is 0 Å². The quantitative estimate of drug-likeness (QED) is 0.649. The number of aromatic amines is 1. The summed E-state index contributed by atoms with van der Waals surface area (Å²) in [7, 11) is 0. The van der Waals surface area contributed by atoms with E-state index in [1.165, 1.54) is 0 Å². The molecule has 78 valence electrons. The Labute approximate surface area is 83.5 Å². The van der Waals surface area contributed by atoms with Gasteiger partial charge in [-0.1, -0.05) is 6.07 Å². The van der Waals surface area contributed by atoms with Crippen molar-refractivity contribution in [2.45, 2.75) is 0 Å². The number of hydrogen-bond acceptors (Lipinski definition) is 4. The van der Waals surface area contributed by atoms with E-state index in [-0.39, 0.29) is 5.58 Å². The highest BCUT2D eigenvalue weighted by Crippen LogP contribution is 2.20. The third-order valence-electron chi connectivity index (χ3n) is 1.86. The number of H-pyrrole nitrogens is 1. The second-order valence-electron chi connectivity index (χ2n) is 2.90. The molecular weight excluding hydrogens is 200 g/mol. The minimum absolute atomic E-state index is 0.268. The van der Waals surface area contributed by atoms with E-state index in [1.807, 2.05) is 0 Å². The number of aliphatic hydroxyl groups excluding tert-OH is 1. The number of carbonyl (C=O) groups is 1. The lowest BCUT2D eigenvalue weighted by molar-refractivity contribution is -0.118. The molecule has 0 spiro atoms. The summed E-state index contributed by atoms with van der Waals surface area (Å²) in [5.41, 5.74) is 1.12. The van der Waals surface area contributed by atoms with Crippen molar-refractivity contribution in [1.82, 2.24) is 4.98 Å². The van der Waals surface area contributed by atoms with Crippen LogP contribution < -0.4 is 11.1 Å². The summed E-state index contributed by atoms with van der Waals surface area (Å²) in [6.45, 7) is -0.620. The predicted molar refractivity (Wildman–Crippen MR) is 52.6 cm³/mol. The van der Waals surface area contributed by atoms with Crippen molar-refractivity contribution in [3.63, 3.8) is 0 Å². The van der Waals surface area contributed by atoms with Crippen molar-refractivity contribution in [2.75, 3.05) is 11.9 Å². The highest BCUT2D eigenvalue weighted by Gasteiger charge is 2.08. The molecule has 0 radical (unpaired) electrons. The molecule has 1 heterocycles. The van der Waals surface area contributed by atoms with Gasteiger partial charge in [-0.25, -0.2) is 4.79 Å². The van der Waals surface area contributed by atoms with Crippen LogP contribution in [0.25, 0.3) is 11.1 Å². The standard InChI is InChI=1S/C9H8N2O4/c12-4-7(13)10-5-2-1-3-6-8(5)15-9(14)11-6/h1-3,12H,4H2,(H,10,13)(H,11,14). The zero-order valence-corrected chi connectivity index (χ0v) is 7.61. The molecular formula is C9H8N2O4. The third kappa shape index (κ3) is 1.75. The first kappa shape index (κ1) is 9.47. The van der Waals surface area contributed by atoms with Gasteiger partial charge in [-0.05, 0) is 12.1 Å². The number of aromatic nitrogens is 1. The fraction of sp³-hybridized carbons (Fsp3) is 0.111. The first-order valence-electron chi connectivity index (χ1n) is 4.23. The van der Waals surface area contributed by atoms with Gasteiger partial charge in [0, 0.05) is 0 Å². The first-order valence-corrected chi connectivity index (χ1v) is 4.23. The Morgan fingerprint density at radius 1 is 1.53 bits per heavy atom. The first-order chi connectivity index (χ1) is 7.20. The molecule has 1 aromatic heterocycles. The second-order valence-corrected chi connectivity index (χ2v) is 2.90. The van der Waals surface area contributed by atoms with Crippen LogP contribution in [-0.4, -0.2) is 22.6 Å². The summed E-state index contributed by atoms with van der Waals surface area (Å²) in [6.07, 6.45) is 0. The second kappa shape index (κ2) is 3.58. The van der Waals surface area contributed by atoms with Crippen molar-refractivity contribution in [2.24, 2.45) is 0 Å². The number of carbonyl (C=O) groups excluding carboxylic acids is 1. The predicted octanol–water partition coefficient (Wildman–Crippen LogP) is 0.0519. The lowest BCUT2D eigenvalue weighted by Crippen LogP contribution is -2.15. The molecule has 0 aliphatic carbocycles. The minimum atomic E-state index is -0.620.